The molecule has 1 heterocycles. The second-order valence-corrected chi connectivity index (χ2v) is 5.92. The zero-order chi connectivity index (χ0) is 15.0. The van der Waals surface area contributed by atoms with Crippen molar-refractivity contribution < 1.29 is 13.2 Å². The van der Waals surface area contributed by atoms with Crippen molar-refractivity contribution in [3.8, 4) is 0 Å². The van der Waals surface area contributed by atoms with Crippen molar-refractivity contribution in [2.24, 2.45) is 0 Å². The first-order valence-corrected chi connectivity index (χ1v) is 7.51. The van der Waals surface area contributed by atoms with Gasteiger partial charge in [0.2, 0.25) is 0 Å². The second kappa shape index (κ2) is 5.26. The molecule has 2 aromatic rings. The minimum atomic E-state index is -4.31. The smallest absolute Gasteiger partial charge is 0.166 e. The Kier molecular flexibility index (Phi) is 3.57. The fourth-order valence-electron chi connectivity index (χ4n) is 2.47. The van der Waals surface area contributed by atoms with Gasteiger partial charge in [0, 0.05) is 9.79 Å². The minimum Gasteiger partial charge on any atom is -0.166 e. The van der Waals surface area contributed by atoms with Crippen LogP contribution in [0.4, 0.5) is 13.2 Å². The number of hydrogen-bond donors (Lipinski definition) is 0. The standard InChI is InChI=1S/C17H13F3S/c1-2-5-12-13-6-3-4-7-15(13)21-16-9-8-11(10-14(12)16)17(18,19)20/h3-10H,2H2,1H3/b12-5-. The molecular weight excluding hydrogens is 293 g/mol. The van der Waals surface area contributed by atoms with Gasteiger partial charge in [-0.15, -0.1) is 0 Å². The van der Waals surface area contributed by atoms with Crippen LogP contribution >= 0.6 is 11.8 Å². The van der Waals surface area contributed by atoms with E-state index >= 15 is 0 Å². The molecule has 0 unspecified atom stereocenters. The van der Waals surface area contributed by atoms with Crippen LogP contribution in [0.25, 0.3) is 5.57 Å². The molecule has 0 spiro atoms. The van der Waals surface area contributed by atoms with Gasteiger partial charge in [0.05, 0.1) is 5.56 Å². The third-order valence-electron chi connectivity index (χ3n) is 3.40. The molecular formula is C17H13F3S. The largest absolute Gasteiger partial charge is 0.416 e. The Labute approximate surface area is 125 Å². The first-order chi connectivity index (χ1) is 10.0. The normalized spacial score (nSPS) is 15.7. The van der Waals surface area contributed by atoms with Crippen LogP contribution in [-0.4, -0.2) is 0 Å². The Hall–Kier alpha value is -1.68. The number of benzene rings is 2. The quantitative estimate of drug-likeness (QED) is 0.530. The maximum absolute atomic E-state index is 12.9. The summed E-state index contributed by atoms with van der Waals surface area (Å²) in [5, 5.41) is 0. The van der Waals surface area contributed by atoms with Gasteiger partial charge in [0.25, 0.3) is 0 Å². The van der Waals surface area contributed by atoms with Crippen LogP contribution < -0.4 is 0 Å². The number of halogens is 3. The molecule has 0 N–H and O–H groups in total. The average molecular weight is 306 g/mol. The molecule has 0 saturated heterocycles. The highest BCUT2D eigenvalue weighted by Gasteiger charge is 2.32. The molecule has 108 valence electrons. The van der Waals surface area contributed by atoms with Crippen LogP contribution in [0.5, 0.6) is 0 Å². The van der Waals surface area contributed by atoms with E-state index in [2.05, 4.69) is 0 Å². The van der Waals surface area contributed by atoms with Gasteiger partial charge in [-0.05, 0) is 47.4 Å². The molecule has 0 aromatic heterocycles. The van der Waals surface area contributed by atoms with Crippen molar-refractivity contribution in [2.75, 3.05) is 0 Å². The Balaban J connectivity index is 2.20. The highest BCUT2D eigenvalue weighted by Crippen LogP contribution is 2.46. The van der Waals surface area contributed by atoms with Gasteiger partial charge in [-0.1, -0.05) is 43.0 Å². The molecule has 1 aliphatic rings. The summed E-state index contributed by atoms with van der Waals surface area (Å²) >= 11 is 1.52. The summed E-state index contributed by atoms with van der Waals surface area (Å²) in [6.45, 7) is 1.99. The fourth-order valence-corrected chi connectivity index (χ4v) is 3.56. The van der Waals surface area contributed by atoms with Crippen molar-refractivity contribution in [3.05, 3.63) is 65.2 Å². The van der Waals surface area contributed by atoms with Crippen LogP contribution in [0, 0.1) is 0 Å². The van der Waals surface area contributed by atoms with Crippen LogP contribution in [0.2, 0.25) is 0 Å². The van der Waals surface area contributed by atoms with Crippen LogP contribution in [-0.2, 0) is 6.18 Å². The number of fused-ring (bicyclic) bond motifs is 2. The fraction of sp³-hybridized carbons (Fsp3) is 0.176. The van der Waals surface area contributed by atoms with Crippen LogP contribution in [0.15, 0.2) is 58.3 Å². The first-order valence-electron chi connectivity index (χ1n) is 6.69. The highest BCUT2D eigenvalue weighted by atomic mass is 32.2. The predicted molar refractivity (Wildman–Crippen MR) is 79.4 cm³/mol. The van der Waals surface area contributed by atoms with E-state index in [0.29, 0.717) is 5.56 Å². The summed E-state index contributed by atoms with van der Waals surface area (Å²) in [7, 11) is 0. The zero-order valence-corrected chi connectivity index (χ0v) is 12.2. The molecule has 4 heteroatoms. The van der Waals surface area contributed by atoms with Gasteiger partial charge >= 0.3 is 6.18 Å². The van der Waals surface area contributed by atoms with Gasteiger partial charge in [-0.2, -0.15) is 13.2 Å². The molecule has 0 aliphatic carbocycles. The average Bonchev–Trinajstić information content (AvgIpc) is 2.45. The molecule has 0 fully saturated rings. The van der Waals surface area contributed by atoms with Gasteiger partial charge < -0.3 is 0 Å². The predicted octanol–water partition coefficient (Wildman–Crippen LogP) is 6.01. The Morgan fingerprint density at radius 1 is 1.00 bits per heavy atom. The summed E-state index contributed by atoms with van der Waals surface area (Å²) in [5.41, 5.74) is 1.99. The van der Waals surface area contributed by atoms with Gasteiger partial charge in [0.15, 0.2) is 0 Å². The summed E-state index contributed by atoms with van der Waals surface area (Å²) < 4.78 is 38.8. The Morgan fingerprint density at radius 2 is 1.71 bits per heavy atom. The SMILES string of the molecule is CC/C=C1/c2ccccc2Sc2ccc(C(F)(F)F)cc21. The molecule has 0 radical (unpaired) electrons. The molecule has 0 nitrogen and oxygen atoms in total. The molecule has 0 bridgehead atoms. The number of rotatable bonds is 1. The topological polar surface area (TPSA) is 0 Å². The molecule has 0 saturated carbocycles. The van der Waals surface area contributed by atoms with Gasteiger partial charge in [-0.3, -0.25) is 0 Å². The lowest BCUT2D eigenvalue weighted by molar-refractivity contribution is -0.137. The maximum atomic E-state index is 12.9. The van der Waals surface area contributed by atoms with Crippen LogP contribution in [0.3, 0.4) is 0 Å². The lowest BCUT2D eigenvalue weighted by atomic mass is 9.94. The lowest BCUT2D eigenvalue weighted by Crippen LogP contribution is -2.07. The lowest BCUT2D eigenvalue weighted by Gasteiger charge is -2.23. The number of alkyl halides is 3. The summed E-state index contributed by atoms with van der Waals surface area (Å²) in [6, 6.07) is 11.8. The van der Waals surface area contributed by atoms with E-state index in [1.807, 2.05) is 37.3 Å². The molecule has 0 atom stereocenters. The third-order valence-corrected chi connectivity index (χ3v) is 4.55. The van der Waals surface area contributed by atoms with Crippen LogP contribution in [0.1, 0.15) is 30.0 Å². The summed E-state index contributed by atoms with van der Waals surface area (Å²) in [4.78, 5) is 1.96. The Morgan fingerprint density at radius 3 is 2.43 bits per heavy atom. The maximum Gasteiger partial charge on any atom is 0.416 e. The molecule has 2 aromatic carbocycles. The molecule has 21 heavy (non-hydrogen) atoms. The zero-order valence-electron chi connectivity index (χ0n) is 11.4. The van der Waals surface area contributed by atoms with Crippen molar-refractivity contribution in [3.63, 3.8) is 0 Å². The molecule has 1 aliphatic heterocycles. The second-order valence-electron chi connectivity index (χ2n) is 4.83. The van der Waals surface area contributed by atoms with E-state index in [1.165, 1.54) is 17.8 Å². The van der Waals surface area contributed by atoms with E-state index in [-0.39, 0.29) is 0 Å². The monoisotopic (exact) mass is 306 g/mol. The van der Waals surface area contributed by atoms with Crippen molar-refractivity contribution in [1.29, 1.82) is 0 Å². The minimum absolute atomic E-state index is 0.594. The van der Waals surface area contributed by atoms with Crippen molar-refractivity contribution in [1.82, 2.24) is 0 Å². The third kappa shape index (κ3) is 2.60. The number of hydrogen-bond acceptors (Lipinski definition) is 1. The number of allylic oxidation sites excluding steroid dienone is 1. The van der Waals surface area contributed by atoms with E-state index < -0.39 is 11.7 Å². The highest BCUT2D eigenvalue weighted by molar-refractivity contribution is 7.99. The van der Waals surface area contributed by atoms with Gasteiger partial charge in [0.1, 0.15) is 0 Å². The van der Waals surface area contributed by atoms with Gasteiger partial charge in [-0.25, -0.2) is 0 Å². The molecule has 0 amide bonds. The van der Waals surface area contributed by atoms with E-state index in [4.69, 9.17) is 0 Å². The summed E-state index contributed by atoms with van der Waals surface area (Å²) in [5.74, 6) is 0. The molecule has 3 rings (SSSR count). The van der Waals surface area contributed by atoms with Crippen molar-refractivity contribution >= 4 is 17.3 Å². The van der Waals surface area contributed by atoms with E-state index in [1.54, 1.807) is 6.07 Å². The van der Waals surface area contributed by atoms with E-state index in [0.717, 1.165) is 33.4 Å². The first kappa shape index (κ1) is 14.3. The summed E-state index contributed by atoms with van der Waals surface area (Å²) in [6.07, 6.45) is -1.53. The Bertz CT molecular complexity index is 714. The van der Waals surface area contributed by atoms with Crippen molar-refractivity contribution in [2.45, 2.75) is 29.3 Å². The van der Waals surface area contributed by atoms with E-state index in [9.17, 15) is 13.2 Å².